The lowest BCUT2D eigenvalue weighted by Crippen LogP contribution is -2.39. The average molecular weight is 210 g/mol. The topological polar surface area (TPSA) is 81.4 Å². The van der Waals surface area contributed by atoms with Crippen molar-refractivity contribution in [3.8, 4) is 0 Å². The van der Waals surface area contributed by atoms with E-state index in [0.29, 0.717) is 19.6 Å². The van der Waals surface area contributed by atoms with Gasteiger partial charge in [0.05, 0.1) is 12.4 Å². The minimum Gasteiger partial charge on any atom is -0.380 e. The first-order valence-electron chi connectivity index (χ1n) is 4.21. The first kappa shape index (κ1) is 12.8. The number of hydrogen-bond donors (Lipinski definition) is 2. The van der Waals surface area contributed by atoms with Crippen LogP contribution in [0.5, 0.6) is 0 Å². The van der Waals surface area contributed by atoms with Crippen molar-refractivity contribution in [2.75, 3.05) is 25.2 Å². The summed E-state index contributed by atoms with van der Waals surface area (Å²) in [7, 11) is -2.91. The van der Waals surface area contributed by atoms with Crippen LogP contribution in [0, 0.1) is 0 Å². The minimum atomic E-state index is -2.91. The zero-order chi connectivity index (χ0) is 10.3. The van der Waals surface area contributed by atoms with Crippen LogP contribution in [-0.2, 0) is 14.6 Å². The summed E-state index contributed by atoms with van der Waals surface area (Å²) in [4.78, 5) is 0. The average Bonchev–Trinajstić information content (AvgIpc) is 2.03. The second-order valence-corrected chi connectivity index (χ2v) is 5.20. The zero-order valence-electron chi connectivity index (χ0n) is 8.12. The third-order valence-electron chi connectivity index (χ3n) is 1.60. The van der Waals surface area contributed by atoms with Crippen LogP contribution in [0.4, 0.5) is 0 Å². The van der Waals surface area contributed by atoms with Crippen molar-refractivity contribution in [1.29, 1.82) is 0 Å². The molecule has 5 nitrogen and oxygen atoms in total. The van der Waals surface area contributed by atoms with Gasteiger partial charge >= 0.3 is 0 Å². The van der Waals surface area contributed by atoms with Gasteiger partial charge in [0.1, 0.15) is 9.84 Å². The second-order valence-electron chi connectivity index (χ2n) is 2.94. The van der Waals surface area contributed by atoms with Gasteiger partial charge in [0.15, 0.2) is 0 Å². The highest BCUT2D eigenvalue weighted by atomic mass is 32.2. The van der Waals surface area contributed by atoms with Gasteiger partial charge in [-0.3, -0.25) is 11.3 Å². The number of hydrazine groups is 1. The van der Waals surface area contributed by atoms with E-state index in [0.717, 1.165) is 0 Å². The van der Waals surface area contributed by atoms with Crippen LogP contribution < -0.4 is 11.3 Å². The Morgan fingerprint density at radius 2 is 2.15 bits per heavy atom. The van der Waals surface area contributed by atoms with Crippen LogP contribution in [-0.4, -0.2) is 39.7 Å². The number of ether oxygens (including phenoxy) is 1. The number of nitrogens with two attached hydrogens (primary N) is 1. The molecule has 0 saturated heterocycles. The molecule has 1 unspecified atom stereocenters. The Labute approximate surface area is 79.5 Å². The normalized spacial score (nSPS) is 14.4. The van der Waals surface area contributed by atoms with Gasteiger partial charge in [-0.2, -0.15) is 0 Å². The maximum atomic E-state index is 10.8. The van der Waals surface area contributed by atoms with Crippen molar-refractivity contribution in [2.24, 2.45) is 5.84 Å². The highest BCUT2D eigenvalue weighted by Gasteiger charge is 2.10. The highest BCUT2D eigenvalue weighted by Crippen LogP contribution is 1.96. The first-order valence-corrected chi connectivity index (χ1v) is 6.27. The van der Waals surface area contributed by atoms with E-state index in [1.54, 1.807) is 0 Å². The molecule has 0 aliphatic carbocycles. The molecule has 3 N–H and O–H groups in total. The molecule has 0 heterocycles. The highest BCUT2D eigenvalue weighted by molar-refractivity contribution is 7.90. The molecule has 0 fully saturated rings. The lowest BCUT2D eigenvalue weighted by Gasteiger charge is -2.14. The van der Waals surface area contributed by atoms with Crippen molar-refractivity contribution in [1.82, 2.24) is 5.43 Å². The van der Waals surface area contributed by atoms with Gasteiger partial charge in [0.25, 0.3) is 0 Å². The molecule has 0 saturated carbocycles. The van der Waals surface area contributed by atoms with Crippen LogP contribution in [0.15, 0.2) is 0 Å². The Bertz CT molecular complexity index is 216. The Morgan fingerprint density at radius 3 is 2.54 bits per heavy atom. The minimum absolute atomic E-state index is 0.0883. The van der Waals surface area contributed by atoms with E-state index in [4.69, 9.17) is 10.6 Å². The van der Waals surface area contributed by atoms with Crippen molar-refractivity contribution in [3.05, 3.63) is 0 Å². The SMILES string of the molecule is CCOCC(CCS(C)(=O)=O)NN. The fourth-order valence-corrected chi connectivity index (χ4v) is 1.54. The van der Waals surface area contributed by atoms with Crippen molar-refractivity contribution in [2.45, 2.75) is 19.4 Å². The van der Waals surface area contributed by atoms with Crippen molar-refractivity contribution >= 4 is 9.84 Å². The molecule has 0 aromatic rings. The molecule has 0 spiro atoms. The maximum Gasteiger partial charge on any atom is 0.147 e. The van der Waals surface area contributed by atoms with E-state index >= 15 is 0 Å². The quantitative estimate of drug-likeness (QED) is 0.428. The van der Waals surface area contributed by atoms with E-state index in [2.05, 4.69) is 5.43 Å². The Hall–Kier alpha value is -0.170. The molecule has 0 aromatic carbocycles. The second kappa shape index (κ2) is 6.31. The van der Waals surface area contributed by atoms with Crippen LogP contribution in [0.2, 0.25) is 0 Å². The zero-order valence-corrected chi connectivity index (χ0v) is 8.93. The first-order chi connectivity index (χ1) is 5.99. The predicted octanol–water partition coefficient (Wildman–Crippen LogP) is -0.710. The molecule has 0 rings (SSSR count). The van der Waals surface area contributed by atoms with Gasteiger partial charge in [0.2, 0.25) is 0 Å². The lowest BCUT2D eigenvalue weighted by atomic mass is 10.2. The molecular formula is C7H18N2O3S. The molecule has 1 atom stereocenters. The van der Waals surface area contributed by atoms with Crippen molar-refractivity contribution in [3.63, 3.8) is 0 Å². The predicted molar refractivity (Wildman–Crippen MR) is 51.9 cm³/mol. The molecule has 13 heavy (non-hydrogen) atoms. The molecule has 0 aliphatic rings. The lowest BCUT2D eigenvalue weighted by molar-refractivity contribution is 0.122. The van der Waals surface area contributed by atoms with Crippen LogP contribution in [0.3, 0.4) is 0 Å². The van der Waals surface area contributed by atoms with Gasteiger partial charge < -0.3 is 4.74 Å². The molecule has 0 aliphatic heterocycles. The summed E-state index contributed by atoms with van der Waals surface area (Å²) in [6.07, 6.45) is 1.69. The molecule has 0 aromatic heterocycles. The Morgan fingerprint density at radius 1 is 1.54 bits per heavy atom. The summed E-state index contributed by atoms with van der Waals surface area (Å²) < 4.78 is 26.7. The number of nitrogens with one attached hydrogen (secondary N) is 1. The number of hydrogen-bond acceptors (Lipinski definition) is 5. The van der Waals surface area contributed by atoms with Gasteiger partial charge in [-0.05, 0) is 13.3 Å². The molecule has 0 amide bonds. The summed E-state index contributed by atoms with van der Waals surface area (Å²) in [6, 6.07) is -0.0883. The fourth-order valence-electron chi connectivity index (χ4n) is 0.831. The van der Waals surface area contributed by atoms with E-state index in [-0.39, 0.29) is 11.8 Å². The van der Waals surface area contributed by atoms with E-state index in [1.165, 1.54) is 6.26 Å². The summed E-state index contributed by atoms with van der Waals surface area (Å²) in [6.45, 7) is 2.93. The summed E-state index contributed by atoms with van der Waals surface area (Å²) >= 11 is 0. The van der Waals surface area contributed by atoms with Crippen LogP contribution in [0.1, 0.15) is 13.3 Å². The molecule has 6 heteroatoms. The molecule has 0 bridgehead atoms. The third-order valence-corrected chi connectivity index (χ3v) is 2.57. The van der Waals surface area contributed by atoms with E-state index in [1.807, 2.05) is 6.92 Å². The Kier molecular flexibility index (Phi) is 6.23. The largest absolute Gasteiger partial charge is 0.380 e. The van der Waals surface area contributed by atoms with Gasteiger partial charge in [0, 0.05) is 18.9 Å². The standard InChI is InChI=1S/C7H18N2O3S/c1-3-12-6-7(9-8)4-5-13(2,10)11/h7,9H,3-6,8H2,1-2H3. The van der Waals surface area contributed by atoms with Crippen LogP contribution in [0.25, 0.3) is 0 Å². The van der Waals surface area contributed by atoms with Gasteiger partial charge in [-0.15, -0.1) is 0 Å². The summed E-state index contributed by atoms with van der Waals surface area (Å²) in [5.74, 6) is 5.35. The number of sulfone groups is 1. The molecular weight excluding hydrogens is 192 g/mol. The van der Waals surface area contributed by atoms with E-state index < -0.39 is 9.84 Å². The molecule has 80 valence electrons. The van der Waals surface area contributed by atoms with Gasteiger partial charge in [-0.1, -0.05) is 0 Å². The van der Waals surface area contributed by atoms with Crippen molar-refractivity contribution < 1.29 is 13.2 Å². The van der Waals surface area contributed by atoms with Crippen LogP contribution >= 0.6 is 0 Å². The summed E-state index contributed by atoms with van der Waals surface area (Å²) in [5.41, 5.74) is 2.52. The number of rotatable bonds is 7. The molecule has 0 radical (unpaired) electrons. The van der Waals surface area contributed by atoms with Gasteiger partial charge in [-0.25, -0.2) is 8.42 Å². The maximum absolute atomic E-state index is 10.8. The smallest absolute Gasteiger partial charge is 0.147 e. The third kappa shape index (κ3) is 8.17. The van der Waals surface area contributed by atoms with E-state index in [9.17, 15) is 8.42 Å². The fraction of sp³-hybridized carbons (Fsp3) is 1.00. The summed E-state index contributed by atoms with van der Waals surface area (Å²) in [5, 5.41) is 0. The monoisotopic (exact) mass is 210 g/mol. The Balaban J connectivity index is 3.72.